The summed E-state index contributed by atoms with van der Waals surface area (Å²) < 4.78 is 18.4. The van der Waals surface area contributed by atoms with Gasteiger partial charge in [-0.1, -0.05) is 285 Å². The van der Waals surface area contributed by atoms with Crippen molar-refractivity contribution in [1.82, 2.24) is 47.4 Å². The summed E-state index contributed by atoms with van der Waals surface area (Å²) in [4.78, 5) is 31.1. The SMILES string of the molecule is c1cc(-c2ccc(-c3nc4ccccc4c4c3ccc3nsnc34)cc2)cc(-c2cc(-c3ccc4ccccc4c3)nc(-c3ccc4ccccc4c3)n2)c1.c1ccc(-c2cc(-c3ccccc3)cc(-c3cc(-c4cccc(-c5ccc(-c6nc7ccccc7c7c6ccc6nsnc67)cc5)c4)nc(-c4ccccc4)n3)c2)cc1. The number of para-hydroxylation sites is 2. The highest BCUT2D eigenvalue weighted by Crippen LogP contribution is 2.42. The minimum atomic E-state index is 0.681. The van der Waals surface area contributed by atoms with Gasteiger partial charge < -0.3 is 0 Å². The Hall–Kier alpha value is -14.8. The third-order valence-corrected chi connectivity index (χ3v) is 22.5. The maximum Gasteiger partial charge on any atom is 0.160 e. The number of aromatic nitrogens is 10. The van der Waals surface area contributed by atoms with E-state index in [2.05, 4.69) is 347 Å². The topological polar surface area (TPSA) is 129 Å². The van der Waals surface area contributed by atoms with Crippen molar-refractivity contribution in [2.24, 2.45) is 0 Å². The van der Waals surface area contributed by atoms with Crippen molar-refractivity contribution < 1.29 is 0 Å². The lowest BCUT2D eigenvalue weighted by Gasteiger charge is -2.14. The van der Waals surface area contributed by atoms with E-state index in [1.54, 1.807) is 0 Å². The van der Waals surface area contributed by atoms with Gasteiger partial charge in [0.05, 0.1) is 68.7 Å². The zero-order valence-electron chi connectivity index (χ0n) is 61.1. The molecule has 6 aromatic heterocycles. The van der Waals surface area contributed by atoms with Crippen molar-refractivity contribution in [2.75, 3.05) is 0 Å². The van der Waals surface area contributed by atoms with Crippen molar-refractivity contribution in [3.05, 3.63) is 376 Å². The Morgan fingerprint density at radius 1 is 0.167 bits per heavy atom. The number of fused-ring (bicyclic) bond motifs is 12. The molecule has 0 saturated heterocycles. The molecule has 0 saturated carbocycles. The van der Waals surface area contributed by atoms with Crippen molar-refractivity contribution in [3.8, 4) is 135 Å². The lowest BCUT2D eigenvalue weighted by molar-refractivity contribution is 1.18. The van der Waals surface area contributed by atoms with Crippen LogP contribution in [0, 0.1) is 0 Å². The normalized spacial score (nSPS) is 11.5. The number of nitrogens with zero attached hydrogens (tertiary/aromatic N) is 10. The Kier molecular flexibility index (Phi) is 17.1. The molecule has 22 rings (SSSR count). The zero-order valence-corrected chi connectivity index (χ0v) is 62.7. The fourth-order valence-corrected chi connectivity index (χ4v) is 16.8. The number of hydrogen-bond donors (Lipinski definition) is 0. The molecule has 0 spiro atoms. The van der Waals surface area contributed by atoms with E-state index in [0.717, 1.165) is 194 Å². The Labute approximate surface area is 664 Å². The van der Waals surface area contributed by atoms with Crippen LogP contribution in [0.3, 0.4) is 0 Å². The van der Waals surface area contributed by atoms with Gasteiger partial charge in [-0.3, -0.25) is 0 Å². The van der Waals surface area contributed by atoms with Gasteiger partial charge in [0.15, 0.2) is 11.6 Å². The molecule has 0 bridgehead atoms. The van der Waals surface area contributed by atoms with E-state index in [9.17, 15) is 0 Å². The van der Waals surface area contributed by atoms with Crippen molar-refractivity contribution in [3.63, 3.8) is 0 Å². The summed E-state index contributed by atoms with van der Waals surface area (Å²) in [5.41, 5.74) is 28.0. The molecule has 0 atom stereocenters. The van der Waals surface area contributed by atoms with Gasteiger partial charge in [-0.25, -0.2) is 29.9 Å². The smallest absolute Gasteiger partial charge is 0.160 e. The van der Waals surface area contributed by atoms with E-state index in [4.69, 9.17) is 34.3 Å². The fourth-order valence-electron chi connectivity index (χ4n) is 15.7. The largest absolute Gasteiger partial charge is 0.247 e. The zero-order chi connectivity index (χ0) is 75.4. The highest BCUT2D eigenvalue weighted by Gasteiger charge is 2.21. The van der Waals surface area contributed by atoms with Crippen molar-refractivity contribution >= 4 is 110 Å². The standard InChI is InChI=1S/C53H33N5S.C49H29N5S/c1-4-13-34(14-5-1)41-30-42(35-15-6-2-7-16-35)32-43(31-41)49-33-48(55-53(56-49)38-17-8-3-9-18-38)40-20-12-19-39(29-40)36-23-25-37(26-24-36)51-45-27-28-47-52(58-59-57-47)50(45)44-21-10-11-22-46(44)54-51;1-3-10-34-27-38(22-18-30(34)8-1)45-29-44(51-49(52-45)39-23-19-31-9-2-4-11-35(31)28-39)37-13-7-12-36(26-37)32-16-20-33(21-17-32)47-41-24-25-43-48(54-55-53-43)46(41)40-14-5-6-15-42(40)50-47/h1-33H;1-29H. The second-order valence-corrected chi connectivity index (χ2v) is 29.5. The maximum atomic E-state index is 5.22. The first-order valence-electron chi connectivity index (χ1n) is 37.8. The molecule has 10 nitrogen and oxygen atoms in total. The van der Waals surface area contributed by atoms with Crippen LogP contribution in [-0.4, -0.2) is 47.4 Å². The molecular formula is C102H62N10S2. The van der Waals surface area contributed by atoms with E-state index in [1.807, 2.05) is 42.5 Å². The molecular weight excluding hydrogens is 1430 g/mol. The fraction of sp³-hybridized carbons (Fsp3) is 0. The molecule has 0 N–H and O–H groups in total. The minimum Gasteiger partial charge on any atom is -0.247 e. The van der Waals surface area contributed by atoms with E-state index in [0.29, 0.717) is 11.6 Å². The van der Waals surface area contributed by atoms with Gasteiger partial charge in [0.2, 0.25) is 0 Å². The lowest BCUT2D eigenvalue weighted by Crippen LogP contribution is -1.97. The quantitative estimate of drug-likeness (QED) is 0.109. The van der Waals surface area contributed by atoms with E-state index < -0.39 is 0 Å². The Bertz CT molecular complexity index is 7320. The molecule has 0 radical (unpaired) electrons. The highest BCUT2D eigenvalue weighted by molar-refractivity contribution is 7.00. The molecule has 0 aliphatic carbocycles. The molecule has 0 amide bonds. The number of rotatable bonds is 12. The van der Waals surface area contributed by atoms with Crippen LogP contribution in [0.25, 0.3) is 222 Å². The molecule has 6 heterocycles. The summed E-state index contributed by atoms with van der Waals surface area (Å²) in [5.74, 6) is 1.38. The second-order valence-electron chi connectivity index (χ2n) is 28.5. The predicted octanol–water partition coefficient (Wildman–Crippen LogP) is 26.7. The Morgan fingerprint density at radius 2 is 0.500 bits per heavy atom. The molecule has 0 aliphatic rings. The van der Waals surface area contributed by atoms with Crippen molar-refractivity contribution in [2.45, 2.75) is 0 Å². The summed E-state index contributed by atoms with van der Waals surface area (Å²) in [5, 5.41) is 11.2. The first-order valence-corrected chi connectivity index (χ1v) is 39.3. The van der Waals surface area contributed by atoms with Crippen LogP contribution in [-0.2, 0) is 0 Å². The number of benzene rings is 16. The van der Waals surface area contributed by atoms with Crippen molar-refractivity contribution in [1.29, 1.82) is 0 Å². The van der Waals surface area contributed by atoms with Gasteiger partial charge in [0.25, 0.3) is 0 Å². The van der Waals surface area contributed by atoms with Gasteiger partial charge in [0, 0.05) is 76.8 Å². The average molecular weight is 1490 g/mol. The third kappa shape index (κ3) is 12.8. The molecule has 22 aromatic rings. The third-order valence-electron chi connectivity index (χ3n) is 21.5. The molecule has 114 heavy (non-hydrogen) atoms. The minimum absolute atomic E-state index is 0.681. The van der Waals surface area contributed by atoms with E-state index in [-0.39, 0.29) is 0 Å². The summed E-state index contributed by atoms with van der Waals surface area (Å²) in [7, 11) is 0. The van der Waals surface area contributed by atoms with Crippen LogP contribution in [0.1, 0.15) is 0 Å². The number of hydrogen-bond acceptors (Lipinski definition) is 12. The van der Waals surface area contributed by atoms with Crippen LogP contribution in [0.5, 0.6) is 0 Å². The summed E-state index contributed by atoms with van der Waals surface area (Å²) in [6, 6.07) is 132. The van der Waals surface area contributed by atoms with Gasteiger partial charge >= 0.3 is 0 Å². The first kappa shape index (κ1) is 67.3. The average Bonchev–Trinajstić information content (AvgIpc) is 1.31. The van der Waals surface area contributed by atoms with Gasteiger partial charge in [-0.15, -0.1) is 0 Å². The van der Waals surface area contributed by atoms with Crippen LogP contribution < -0.4 is 0 Å². The first-order chi connectivity index (χ1) is 56.4. The Morgan fingerprint density at radius 3 is 0.982 bits per heavy atom. The van der Waals surface area contributed by atoms with Gasteiger partial charge in [-0.2, -0.15) is 17.5 Å². The summed E-state index contributed by atoms with van der Waals surface area (Å²) in [6.07, 6.45) is 0. The Balaban J connectivity index is 0.000000144. The molecule has 532 valence electrons. The van der Waals surface area contributed by atoms with Crippen LogP contribution in [0.2, 0.25) is 0 Å². The maximum absolute atomic E-state index is 5.22. The van der Waals surface area contributed by atoms with Crippen LogP contribution in [0.15, 0.2) is 376 Å². The summed E-state index contributed by atoms with van der Waals surface area (Å²) in [6.45, 7) is 0. The van der Waals surface area contributed by atoms with Gasteiger partial charge in [-0.05, 0) is 157 Å². The monoisotopic (exact) mass is 1490 g/mol. The molecule has 0 aliphatic heterocycles. The van der Waals surface area contributed by atoms with Gasteiger partial charge in [0.1, 0.15) is 22.1 Å². The molecule has 12 heteroatoms. The molecule has 0 fully saturated rings. The summed E-state index contributed by atoms with van der Waals surface area (Å²) >= 11 is 2.49. The highest BCUT2D eigenvalue weighted by atomic mass is 32.1. The van der Waals surface area contributed by atoms with E-state index >= 15 is 0 Å². The molecule has 16 aromatic carbocycles. The van der Waals surface area contributed by atoms with Crippen LogP contribution in [0.4, 0.5) is 0 Å². The second kappa shape index (κ2) is 28.9. The number of pyridine rings is 2. The van der Waals surface area contributed by atoms with Crippen LogP contribution >= 0.6 is 23.5 Å². The van der Waals surface area contributed by atoms with E-state index in [1.165, 1.54) is 39.6 Å². The lowest BCUT2D eigenvalue weighted by atomic mass is 9.94. The predicted molar refractivity (Wildman–Crippen MR) is 472 cm³/mol. The molecule has 0 unspecified atom stereocenters.